The molecule has 1 heterocycles. The average molecular weight is 272 g/mol. The van der Waals surface area contributed by atoms with Crippen molar-refractivity contribution < 1.29 is 0 Å². The molecule has 0 aliphatic heterocycles. The molecule has 17 heavy (non-hydrogen) atoms. The third kappa shape index (κ3) is 5.40. The van der Waals surface area contributed by atoms with E-state index in [0.29, 0.717) is 0 Å². The third-order valence-corrected chi connectivity index (χ3v) is 4.20. The largest absolute Gasteiger partial charge is 0.307 e. The fourth-order valence-corrected chi connectivity index (χ4v) is 3.29. The molecule has 1 rings (SSSR count). The van der Waals surface area contributed by atoms with Gasteiger partial charge in [0.2, 0.25) is 0 Å². The van der Waals surface area contributed by atoms with Gasteiger partial charge in [-0.15, -0.1) is 11.3 Å². The van der Waals surface area contributed by atoms with Crippen molar-refractivity contribution in [3.05, 3.63) is 15.6 Å². The first-order valence-corrected chi connectivity index (χ1v) is 8.38. The maximum Gasteiger partial charge on any atom is 0.103 e. The minimum atomic E-state index is 0.174. The van der Waals surface area contributed by atoms with Crippen molar-refractivity contribution >= 4 is 23.1 Å². The van der Waals surface area contributed by atoms with E-state index in [2.05, 4.69) is 39.3 Å². The lowest BCUT2D eigenvalue weighted by atomic mass is 10.1. The Labute approximate surface area is 114 Å². The van der Waals surface area contributed by atoms with E-state index in [1.54, 1.807) is 0 Å². The van der Waals surface area contributed by atoms with Crippen molar-refractivity contribution in [3.8, 4) is 0 Å². The summed E-state index contributed by atoms with van der Waals surface area (Å²) in [5, 5.41) is 4.83. The molecule has 98 valence electrons. The van der Waals surface area contributed by atoms with Crippen LogP contribution < -0.4 is 5.32 Å². The van der Waals surface area contributed by atoms with Gasteiger partial charge < -0.3 is 5.32 Å². The Hall–Kier alpha value is -0.0600. The summed E-state index contributed by atoms with van der Waals surface area (Å²) >= 11 is 3.72. The van der Waals surface area contributed by atoms with E-state index >= 15 is 0 Å². The number of nitrogens with one attached hydrogen (secondary N) is 1. The summed E-state index contributed by atoms with van der Waals surface area (Å²) in [4.78, 5) is 6.17. The highest BCUT2D eigenvalue weighted by Crippen LogP contribution is 2.23. The molecule has 0 aliphatic rings. The topological polar surface area (TPSA) is 24.9 Å². The molecule has 0 atom stereocenters. The predicted octanol–water partition coefficient (Wildman–Crippen LogP) is 3.85. The zero-order valence-electron chi connectivity index (χ0n) is 11.6. The normalized spacial score (nSPS) is 12.1. The van der Waals surface area contributed by atoms with Gasteiger partial charge in [0.15, 0.2) is 0 Å². The van der Waals surface area contributed by atoms with Crippen molar-refractivity contribution in [1.29, 1.82) is 0 Å². The Kier molecular flexibility index (Phi) is 5.97. The molecule has 0 spiro atoms. The van der Waals surface area contributed by atoms with Gasteiger partial charge in [0.05, 0.1) is 5.69 Å². The van der Waals surface area contributed by atoms with Crippen LogP contribution in [-0.4, -0.2) is 16.8 Å². The number of thiazole rings is 1. The van der Waals surface area contributed by atoms with Crippen molar-refractivity contribution in [2.75, 3.05) is 6.26 Å². The number of nitrogens with zero attached hydrogens (tertiary/aromatic N) is 1. The molecule has 0 aliphatic carbocycles. The fraction of sp³-hybridized carbons (Fsp3) is 0.769. The highest BCUT2D eigenvalue weighted by molar-refractivity contribution is 7.97. The molecule has 1 aromatic heterocycles. The van der Waals surface area contributed by atoms with Gasteiger partial charge in [-0.2, -0.15) is 11.8 Å². The van der Waals surface area contributed by atoms with Crippen molar-refractivity contribution in [2.24, 2.45) is 0 Å². The zero-order valence-corrected chi connectivity index (χ0v) is 13.2. The summed E-state index contributed by atoms with van der Waals surface area (Å²) in [5.74, 6) is 1.04. The van der Waals surface area contributed by atoms with E-state index in [1.165, 1.54) is 22.0 Å². The summed E-state index contributed by atoms with van der Waals surface area (Å²) in [5.41, 5.74) is 1.48. The Morgan fingerprint density at radius 2 is 2.06 bits per heavy atom. The van der Waals surface area contributed by atoms with Gasteiger partial charge in [-0.25, -0.2) is 4.98 Å². The number of rotatable bonds is 6. The van der Waals surface area contributed by atoms with Crippen LogP contribution in [0.25, 0.3) is 0 Å². The second-order valence-corrected chi connectivity index (χ2v) is 7.30. The Balaban J connectivity index is 2.73. The highest BCUT2D eigenvalue weighted by atomic mass is 32.2. The van der Waals surface area contributed by atoms with Gasteiger partial charge in [-0.1, -0.05) is 13.3 Å². The molecule has 0 unspecified atom stereocenters. The number of hydrogen-bond acceptors (Lipinski definition) is 4. The van der Waals surface area contributed by atoms with E-state index in [-0.39, 0.29) is 5.54 Å². The molecule has 1 N–H and O–H groups in total. The number of hydrogen-bond donors (Lipinski definition) is 1. The van der Waals surface area contributed by atoms with Gasteiger partial charge in [-0.3, -0.25) is 0 Å². The quantitative estimate of drug-likeness (QED) is 0.851. The van der Waals surface area contributed by atoms with Crippen LogP contribution in [0.2, 0.25) is 0 Å². The maximum atomic E-state index is 4.75. The molecule has 0 saturated heterocycles. The van der Waals surface area contributed by atoms with Crippen LogP contribution in [-0.2, 0) is 18.7 Å². The number of thioether (sulfide) groups is 1. The molecule has 1 aromatic rings. The van der Waals surface area contributed by atoms with Gasteiger partial charge >= 0.3 is 0 Å². The predicted molar refractivity (Wildman–Crippen MR) is 79.9 cm³/mol. The Bertz CT molecular complexity index is 340. The van der Waals surface area contributed by atoms with Crippen LogP contribution >= 0.6 is 23.1 Å². The van der Waals surface area contributed by atoms with Gasteiger partial charge in [0, 0.05) is 22.7 Å². The lowest BCUT2D eigenvalue weighted by Gasteiger charge is -2.20. The maximum absolute atomic E-state index is 4.75. The molecular formula is C13H24N2S2. The molecule has 0 fully saturated rings. The summed E-state index contributed by atoms with van der Waals surface area (Å²) in [6.45, 7) is 9.78. The first kappa shape index (κ1) is 15.0. The van der Waals surface area contributed by atoms with Gasteiger partial charge in [0.1, 0.15) is 5.01 Å². The lowest BCUT2D eigenvalue weighted by molar-refractivity contribution is 0.425. The third-order valence-electron chi connectivity index (χ3n) is 2.36. The molecule has 0 radical (unpaired) electrons. The van der Waals surface area contributed by atoms with Crippen LogP contribution in [0, 0.1) is 0 Å². The van der Waals surface area contributed by atoms with Crippen LogP contribution in [0.4, 0.5) is 0 Å². The molecule has 0 bridgehead atoms. The first-order valence-electron chi connectivity index (χ1n) is 6.17. The van der Waals surface area contributed by atoms with E-state index in [4.69, 9.17) is 4.98 Å². The second-order valence-electron chi connectivity index (χ2n) is 5.26. The first-order chi connectivity index (χ1) is 7.96. The average Bonchev–Trinajstić information content (AvgIpc) is 2.58. The van der Waals surface area contributed by atoms with Gasteiger partial charge in [0.25, 0.3) is 0 Å². The Morgan fingerprint density at radius 1 is 1.35 bits per heavy atom. The summed E-state index contributed by atoms with van der Waals surface area (Å²) in [6.07, 6.45) is 4.41. The standard InChI is InChI=1S/C13H24N2S2/c1-6-7-10-11(8-14-13(2,3)4)17-12(15-10)9-16-5/h14H,6-9H2,1-5H3. The Morgan fingerprint density at radius 3 is 2.59 bits per heavy atom. The molecular weight excluding hydrogens is 248 g/mol. The molecule has 0 aromatic carbocycles. The van der Waals surface area contributed by atoms with E-state index in [9.17, 15) is 0 Å². The fourth-order valence-electron chi connectivity index (χ4n) is 1.54. The second kappa shape index (κ2) is 6.76. The molecule has 4 heteroatoms. The molecule has 2 nitrogen and oxygen atoms in total. The monoisotopic (exact) mass is 272 g/mol. The van der Waals surface area contributed by atoms with E-state index < -0.39 is 0 Å². The minimum Gasteiger partial charge on any atom is -0.307 e. The highest BCUT2D eigenvalue weighted by Gasteiger charge is 2.14. The van der Waals surface area contributed by atoms with Crippen molar-refractivity contribution in [1.82, 2.24) is 10.3 Å². The van der Waals surface area contributed by atoms with Crippen molar-refractivity contribution in [3.63, 3.8) is 0 Å². The summed E-state index contributed by atoms with van der Waals surface area (Å²) in [7, 11) is 0. The number of aryl methyl sites for hydroxylation is 1. The zero-order chi connectivity index (χ0) is 12.9. The summed E-state index contributed by atoms with van der Waals surface area (Å²) < 4.78 is 0. The van der Waals surface area contributed by atoms with Crippen LogP contribution in [0.3, 0.4) is 0 Å². The minimum absolute atomic E-state index is 0.174. The van der Waals surface area contributed by atoms with E-state index in [0.717, 1.165) is 18.7 Å². The van der Waals surface area contributed by atoms with Crippen LogP contribution in [0.5, 0.6) is 0 Å². The van der Waals surface area contributed by atoms with Crippen LogP contribution in [0.1, 0.15) is 49.7 Å². The van der Waals surface area contributed by atoms with Crippen LogP contribution in [0.15, 0.2) is 0 Å². The SMILES string of the molecule is CCCc1nc(CSC)sc1CNC(C)(C)C. The van der Waals surface area contributed by atoms with E-state index in [1.807, 2.05) is 23.1 Å². The smallest absolute Gasteiger partial charge is 0.103 e. The molecule has 0 amide bonds. The molecule has 0 saturated carbocycles. The lowest BCUT2D eigenvalue weighted by Crippen LogP contribution is -2.35. The van der Waals surface area contributed by atoms with Gasteiger partial charge in [-0.05, 0) is 33.4 Å². The number of aromatic nitrogens is 1. The summed E-state index contributed by atoms with van der Waals surface area (Å²) in [6, 6.07) is 0. The van der Waals surface area contributed by atoms with Crippen molar-refractivity contribution in [2.45, 2.75) is 58.4 Å².